The molecule has 0 saturated heterocycles. The van der Waals surface area contributed by atoms with Crippen LogP contribution < -0.4 is 0 Å². The molecule has 0 aliphatic carbocycles. The summed E-state index contributed by atoms with van der Waals surface area (Å²) in [6.45, 7) is 6.08. The van der Waals surface area contributed by atoms with Gasteiger partial charge in [-0.15, -0.1) is 11.3 Å². The standard InChI is InChI=1S/C10H14BrNOS/c1-4-5-10(2,3)8(13)7-6-12-9(11)14-7/h6H,4-5H2,1-3H3. The molecule has 0 bridgehead atoms. The Morgan fingerprint density at radius 2 is 2.29 bits per heavy atom. The van der Waals surface area contributed by atoms with E-state index in [0.29, 0.717) is 0 Å². The van der Waals surface area contributed by atoms with Gasteiger partial charge in [-0.25, -0.2) is 4.98 Å². The van der Waals surface area contributed by atoms with E-state index in [1.807, 2.05) is 13.8 Å². The van der Waals surface area contributed by atoms with Gasteiger partial charge in [0.25, 0.3) is 0 Å². The number of aromatic nitrogens is 1. The molecule has 0 amide bonds. The number of rotatable bonds is 4. The Labute approximate surface area is 96.9 Å². The van der Waals surface area contributed by atoms with Crippen LogP contribution in [0.2, 0.25) is 0 Å². The number of ketones is 1. The Bertz CT molecular complexity index is 333. The first-order valence-electron chi connectivity index (χ1n) is 4.63. The fourth-order valence-corrected chi connectivity index (χ4v) is 2.82. The lowest BCUT2D eigenvalue weighted by atomic mass is 9.83. The number of hydrogen-bond donors (Lipinski definition) is 0. The Morgan fingerprint density at radius 3 is 2.71 bits per heavy atom. The number of Topliss-reactive ketones (excluding diaryl/α,β-unsaturated/α-hetero) is 1. The van der Waals surface area contributed by atoms with Crippen molar-refractivity contribution >= 4 is 33.0 Å². The molecule has 0 N–H and O–H groups in total. The lowest BCUT2D eigenvalue weighted by molar-refractivity contribution is 0.0830. The highest BCUT2D eigenvalue weighted by atomic mass is 79.9. The Hall–Kier alpha value is -0.220. The van der Waals surface area contributed by atoms with E-state index in [4.69, 9.17) is 0 Å². The summed E-state index contributed by atoms with van der Waals surface area (Å²) >= 11 is 4.67. The molecule has 78 valence electrons. The van der Waals surface area contributed by atoms with Gasteiger partial charge in [0.1, 0.15) is 0 Å². The summed E-state index contributed by atoms with van der Waals surface area (Å²) < 4.78 is 0.771. The van der Waals surface area contributed by atoms with Crippen molar-refractivity contribution in [3.8, 4) is 0 Å². The Morgan fingerprint density at radius 1 is 1.64 bits per heavy atom. The lowest BCUT2D eigenvalue weighted by Crippen LogP contribution is -2.23. The SMILES string of the molecule is CCCC(C)(C)C(=O)c1cnc(Br)s1. The lowest BCUT2D eigenvalue weighted by Gasteiger charge is -2.20. The van der Waals surface area contributed by atoms with Gasteiger partial charge in [-0.1, -0.05) is 27.2 Å². The van der Waals surface area contributed by atoms with Gasteiger partial charge < -0.3 is 0 Å². The summed E-state index contributed by atoms with van der Waals surface area (Å²) in [6, 6.07) is 0. The van der Waals surface area contributed by atoms with Crippen LogP contribution in [0.15, 0.2) is 10.1 Å². The number of nitrogens with zero attached hydrogens (tertiary/aromatic N) is 1. The zero-order chi connectivity index (χ0) is 10.8. The first-order chi connectivity index (χ1) is 6.47. The maximum atomic E-state index is 12.0. The number of halogens is 1. The molecule has 0 aliphatic heterocycles. The van der Waals surface area contributed by atoms with Crippen LogP contribution in [-0.2, 0) is 0 Å². The molecule has 0 fully saturated rings. The van der Waals surface area contributed by atoms with E-state index in [-0.39, 0.29) is 11.2 Å². The summed E-state index contributed by atoms with van der Waals surface area (Å²) in [4.78, 5) is 16.8. The quantitative estimate of drug-likeness (QED) is 0.780. The minimum absolute atomic E-state index is 0.197. The van der Waals surface area contributed by atoms with Gasteiger partial charge >= 0.3 is 0 Å². The van der Waals surface area contributed by atoms with Gasteiger partial charge in [0.05, 0.1) is 11.1 Å². The second-order valence-electron chi connectivity index (χ2n) is 3.94. The minimum atomic E-state index is -0.263. The van der Waals surface area contributed by atoms with Crippen molar-refractivity contribution in [3.63, 3.8) is 0 Å². The van der Waals surface area contributed by atoms with Crippen LogP contribution >= 0.6 is 27.3 Å². The third-order valence-electron chi connectivity index (χ3n) is 2.19. The zero-order valence-corrected chi connectivity index (χ0v) is 11.0. The van der Waals surface area contributed by atoms with Crippen molar-refractivity contribution in [2.24, 2.45) is 5.41 Å². The van der Waals surface area contributed by atoms with E-state index in [0.717, 1.165) is 21.6 Å². The van der Waals surface area contributed by atoms with Crippen molar-refractivity contribution in [1.29, 1.82) is 0 Å². The van der Waals surface area contributed by atoms with E-state index in [1.165, 1.54) is 11.3 Å². The smallest absolute Gasteiger partial charge is 0.180 e. The van der Waals surface area contributed by atoms with Crippen LogP contribution in [0.3, 0.4) is 0 Å². The molecule has 0 unspecified atom stereocenters. The van der Waals surface area contributed by atoms with Crippen molar-refractivity contribution in [1.82, 2.24) is 4.98 Å². The molecule has 14 heavy (non-hydrogen) atoms. The molecule has 1 aromatic heterocycles. The van der Waals surface area contributed by atoms with Crippen molar-refractivity contribution in [2.45, 2.75) is 33.6 Å². The molecule has 1 aromatic rings. The average molecular weight is 276 g/mol. The molecular weight excluding hydrogens is 262 g/mol. The van der Waals surface area contributed by atoms with Gasteiger partial charge in [0, 0.05) is 5.41 Å². The fourth-order valence-electron chi connectivity index (χ4n) is 1.43. The Balaban J connectivity index is 2.84. The molecule has 0 saturated carbocycles. The predicted molar refractivity (Wildman–Crippen MR) is 62.8 cm³/mol. The predicted octanol–water partition coefficient (Wildman–Crippen LogP) is 3.91. The monoisotopic (exact) mass is 275 g/mol. The van der Waals surface area contributed by atoms with Gasteiger partial charge in [0.15, 0.2) is 9.70 Å². The van der Waals surface area contributed by atoms with E-state index in [2.05, 4.69) is 27.8 Å². The van der Waals surface area contributed by atoms with Crippen LogP contribution in [0.4, 0.5) is 0 Å². The molecule has 4 heteroatoms. The highest BCUT2D eigenvalue weighted by Gasteiger charge is 2.28. The second-order valence-corrected chi connectivity index (χ2v) is 6.25. The van der Waals surface area contributed by atoms with E-state index < -0.39 is 0 Å². The molecule has 2 nitrogen and oxygen atoms in total. The third kappa shape index (κ3) is 2.64. The molecule has 0 radical (unpaired) electrons. The molecule has 0 spiro atoms. The highest BCUT2D eigenvalue weighted by Crippen LogP contribution is 2.30. The maximum absolute atomic E-state index is 12.0. The van der Waals surface area contributed by atoms with Crippen LogP contribution in [0, 0.1) is 5.41 Å². The topological polar surface area (TPSA) is 30.0 Å². The zero-order valence-electron chi connectivity index (χ0n) is 8.63. The number of hydrogen-bond acceptors (Lipinski definition) is 3. The first-order valence-corrected chi connectivity index (χ1v) is 6.24. The largest absolute Gasteiger partial charge is 0.293 e. The van der Waals surface area contributed by atoms with Crippen molar-refractivity contribution in [2.75, 3.05) is 0 Å². The van der Waals surface area contributed by atoms with Gasteiger partial charge in [-0.2, -0.15) is 0 Å². The summed E-state index contributed by atoms with van der Waals surface area (Å²) in [5.74, 6) is 0.197. The molecule has 1 rings (SSSR count). The van der Waals surface area contributed by atoms with Crippen molar-refractivity contribution in [3.05, 3.63) is 15.0 Å². The summed E-state index contributed by atoms with van der Waals surface area (Å²) in [5.41, 5.74) is -0.263. The molecular formula is C10H14BrNOS. The van der Waals surface area contributed by atoms with E-state index >= 15 is 0 Å². The Kier molecular flexibility index (Phi) is 3.84. The fraction of sp³-hybridized carbons (Fsp3) is 0.600. The number of carbonyl (C=O) groups is 1. The van der Waals surface area contributed by atoms with Crippen LogP contribution in [0.25, 0.3) is 0 Å². The second kappa shape index (κ2) is 4.53. The first kappa shape index (κ1) is 11.9. The molecule has 0 aliphatic rings. The third-order valence-corrected chi connectivity index (χ3v) is 3.67. The van der Waals surface area contributed by atoms with Crippen LogP contribution in [0.5, 0.6) is 0 Å². The van der Waals surface area contributed by atoms with Crippen LogP contribution in [0.1, 0.15) is 43.3 Å². The minimum Gasteiger partial charge on any atom is -0.293 e. The number of carbonyl (C=O) groups excluding carboxylic acids is 1. The van der Waals surface area contributed by atoms with Gasteiger partial charge in [-0.05, 0) is 22.4 Å². The molecule has 0 atom stereocenters. The van der Waals surface area contributed by atoms with Crippen molar-refractivity contribution < 1.29 is 4.79 Å². The van der Waals surface area contributed by atoms with Crippen LogP contribution in [-0.4, -0.2) is 10.8 Å². The van der Waals surface area contributed by atoms with Gasteiger partial charge in [-0.3, -0.25) is 4.79 Å². The normalized spacial score (nSPS) is 11.7. The summed E-state index contributed by atoms with van der Waals surface area (Å²) in [7, 11) is 0. The molecule has 1 heterocycles. The highest BCUT2D eigenvalue weighted by molar-refractivity contribution is 9.11. The van der Waals surface area contributed by atoms with Gasteiger partial charge in [0.2, 0.25) is 0 Å². The van der Waals surface area contributed by atoms with E-state index in [9.17, 15) is 4.79 Å². The maximum Gasteiger partial charge on any atom is 0.180 e. The van der Waals surface area contributed by atoms with E-state index in [1.54, 1.807) is 6.20 Å². The summed E-state index contributed by atoms with van der Waals surface area (Å²) in [5, 5.41) is 0. The summed E-state index contributed by atoms with van der Waals surface area (Å²) in [6.07, 6.45) is 3.59. The number of thiazole rings is 1. The average Bonchev–Trinajstić information content (AvgIpc) is 2.50. The molecule has 0 aromatic carbocycles.